The monoisotopic (exact) mass is 275 g/mol. The van der Waals surface area contributed by atoms with Crippen LogP contribution < -0.4 is 0 Å². The lowest BCUT2D eigenvalue weighted by atomic mass is 10.0. The molecule has 0 aliphatic carbocycles. The van der Waals surface area contributed by atoms with E-state index in [9.17, 15) is 4.79 Å². The first kappa shape index (κ1) is 16.7. The number of aryl methyl sites for hydroxylation is 1. The number of rotatable bonds is 8. The van der Waals surface area contributed by atoms with Crippen molar-refractivity contribution in [2.75, 3.05) is 0 Å². The molecule has 0 aliphatic rings. The van der Waals surface area contributed by atoms with Crippen LogP contribution in [-0.2, 0) is 11.3 Å². The smallest absolute Gasteiger partial charge is 0.222 e. The van der Waals surface area contributed by atoms with Gasteiger partial charge in [0.05, 0.1) is 0 Å². The predicted molar refractivity (Wildman–Crippen MR) is 85.6 cm³/mol. The lowest BCUT2D eigenvalue weighted by Gasteiger charge is -2.32. The molecule has 1 aromatic carbocycles. The lowest BCUT2D eigenvalue weighted by molar-refractivity contribution is -0.134. The molecule has 1 amide bonds. The Morgan fingerprint density at radius 2 is 1.80 bits per heavy atom. The molecule has 1 rings (SSSR count). The van der Waals surface area contributed by atoms with Crippen LogP contribution in [0.3, 0.4) is 0 Å². The van der Waals surface area contributed by atoms with E-state index >= 15 is 0 Å². The SMILES string of the molecule is CCCC(CCC)N(Cc1cccc(C)c1)C(=O)CC. The summed E-state index contributed by atoms with van der Waals surface area (Å²) in [7, 11) is 0. The zero-order valence-electron chi connectivity index (χ0n) is 13.5. The van der Waals surface area contributed by atoms with Crippen molar-refractivity contribution in [3.8, 4) is 0 Å². The number of carbonyl (C=O) groups is 1. The summed E-state index contributed by atoms with van der Waals surface area (Å²) < 4.78 is 0. The molecule has 0 spiro atoms. The summed E-state index contributed by atoms with van der Waals surface area (Å²) in [4.78, 5) is 14.4. The van der Waals surface area contributed by atoms with Gasteiger partial charge in [0.1, 0.15) is 0 Å². The van der Waals surface area contributed by atoms with E-state index in [1.807, 2.05) is 6.92 Å². The quantitative estimate of drug-likeness (QED) is 0.673. The third-order valence-corrected chi connectivity index (χ3v) is 3.74. The van der Waals surface area contributed by atoms with Crippen molar-refractivity contribution in [2.45, 2.75) is 72.4 Å². The molecule has 0 saturated carbocycles. The van der Waals surface area contributed by atoms with E-state index in [4.69, 9.17) is 0 Å². The fourth-order valence-corrected chi connectivity index (χ4v) is 2.75. The molecule has 0 atom stereocenters. The van der Waals surface area contributed by atoms with Crippen LogP contribution in [0.1, 0.15) is 64.0 Å². The largest absolute Gasteiger partial charge is 0.335 e. The van der Waals surface area contributed by atoms with Gasteiger partial charge >= 0.3 is 0 Å². The molecular formula is C18H29NO. The van der Waals surface area contributed by atoms with E-state index < -0.39 is 0 Å². The van der Waals surface area contributed by atoms with Crippen molar-refractivity contribution in [2.24, 2.45) is 0 Å². The van der Waals surface area contributed by atoms with Gasteiger partial charge in [-0.1, -0.05) is 63.4 Å². The standard InChI is InChI=1S/C18H29NO/c1-5-9-17(10-6-2)19(18(20)7-3)14-16-12-8-11-15(4)13-16/h8,11-13,17H,5-7,9-10,14H2,1-4H3. The fraction of sp³-hybridized carbons (Fsp3) is 0.611. The van der Waals surface area contributed by atoms with Crippen LogP contribution in [0.25, 0.3) is 0 Å². The highest BCUT2D eigenvalue weighted by molar-refractivity contribution is 5.76. The second kappa shape index (κ2) is 8.78. The van der Waals surface area contributed by atoms with Crippen molar-refractivity contribution >= 4 is 5.91 Å². The van der Waals surface area contributed by atoms with Gasteiger partial charge in [0.2, 0.25) is 5.91 Å². The maximum atomic E-state index is 12.3. The van der Waals surface area contributed by atoms with Crippen LogP contribution in [0.2, 0.25) is 0 Å². The molecule has 20 heavy (non-hydrogen) atoms. The lowest BCUT2D eigenvalue weighted by Crippen LogP contribution is -2.39. The fourth-order valence-electron chi connectivity index (χ4n) is 2.75. The average Bonchev–Trinajstić information content (AvgIpc) is 2.44. The molecule has 0 fully saturated rings. The molecule has 2 heteroatoms. The highest BCUT2D eigenvalue weighted by Crippen LogP contribution is 2.18. The van der Waals surface area contributed by atoms with Gasteiger partial charge in [-0.15, -0.1) is 0 Å². The van der Waals surface area contributed by atoms with Crippen molar-refractivity contribution in [3.63, 3.8) is 0 Å². The summed E-state index contributed by atoms with van der Waals surface area (Å²) in [6.45, 7) is 9.21. The summed E-state index contributed by atoms with van der Waals surface area (Å²) in [5.41, 5.74) is 2.50. The van der Waals surface area contributed by atoms with Gasteiger partial charge in [-0.25, -0.2) is 0 Å². The van der Waals surface area contributed by atoms with E-state index in [-0.39, 0.29) is 5.91 Å². The first-order valence-electron chi connectivity index (χ1n) is 7.97. The van der Waals surface area contributed by atoms with E-state index in [1.54, 1.807) is 0 Å². The molecule has 0 radical (unpaired) electrons. The van der Waals surface area contributed by atoms with Crippen LogP contribution in [0.15, 0.2) is 24.3 Å². The second-order valence-corrected chi connectivity index (χ2v) is 5.60. The molecule has 0 heterocycles. The summed E-state index contributed by atoms with van der Waals surface area (Å²) >= 11 is 0. The molecule has 112 valence electrons. The molecule has 0 N–H and O–H groups in total. The summed E-state index contributed by atoms with van der Waals surface area (Å²) in [6, 6.07) is 8.87. The Labute approximate surface area is 124 Å². The van der Waals surface area contributed by atoms with Gasteiger partial charge in [-0.3, -0.25) is 4.79 Å². The minimum absolute atomic E-state index is 0.276. The maximum Gasteiger partial charge on any atom is 0.222 e. The van der Waals surface area contributed by atoms with Crippen LogP contribution in [0, 0.1) is 6.92 Å². The minimum atomic E-state index is 0.276. The predicted octanol–water partition coefficient (Wildman–Crippen LogP) is 4.70. The van der Waals surface area contributed by atoms with Gasteiger partial charge in [-0.2, -0.15) is 0 Å². The van der Waals surface area contributed by atoms with E-state index in [1.165, 1.54) is 11.1 Å². The van der Waals surface area contributed by atoms with Gasteiger partial charge in [0, 0.05) is 19.0 Å². The third-order valence-electron chi connectivity index (χ3n) is 3.74. The Hall–Kier alpha value is -1.31. The van der Waals surface area contributed by atoms with Crippen LogP contribution in [0.5, 0.6) is 0 Å². The molecule has 0 saturated heterocycles. The van der Waals surface area contributed by atoms with Gasteiger partial charge in [0.15, 0.2) is 0 Å². The zero-order valence-corrected chi connectivity index (χ0v) is 13.5. The Kier molecular flexibility index (Phi) is 7.35. The number of hydrogen-bond donors (Lipinski definition) is 0. The van der Waals surface area contributed by atoms with Gasteiger partial charge in [-0.05, 0) is 25.3 Å². The Morgan fingerprint density at radius 1 is 1.15 bits per heavy atom. The van der Waals surface area contributed by atoms with Crippen LogP contribution in [-0.4, -0.2) is 16.8 Å². The van der Waals surface area contributed by atoms with Crippen molar-refractivity contribution in [3.05, 3.63) is 35.4 Å². The zero-order chi connectivity index (χ0) is 15.0. The van der Waals surface area contributed by atoms with Crippen LogP contribution in [0.4, 0.5) is 0 Å². The summed E-state index contributed by atoms with van der Waals surface area (Å²) in [5, 5.41) is 0. The summed E-state index contributed by atoms with van der Waals surface area (Å²) in [6.07, 6.45) is 5.06. The molecule has 2 nitrogen and oxygen atoms in total. The second-order valence-electron chi connectivity index (χ2n) is 5.60. The molecule has 1 aromatic rings. The van der Waals surface area contributed by atoms with Crippen molar-refractivity contribution < 1.29 is 4.79 Å². The van der Waals surface area contributed by atoms with E-state index in [0.29, 0.717) is 12.5 Å². The molecule has 0 unspecified atom stereocenters. The Morgan fingerprint density at radius 3 is 2.30 bits per heavy atom. The Balaban J connectivity index is 2.90. The first-order valence-corrected chi connectivity index (χ1v) is 7.97. The average molecular weight is 275 g/mol. The minimum Gasteiger partial charge on any atom is -0.335 e. The van der Waals surface area contributed by atoms with Crippen molar-refractivity contribution in [1.29, 1.82) is 0 Å². The first-order chi connectivity index (χ1) is 9.62. The number of hydrogen-bond acceptors (Lipinski definition) is 1. The van der Waals surface area contributed by atoms with Gasteiger partial charge in [0.25, 0.3) is 0 Å². The molecule has 0 aliphatic heterocycles. The third kappa shape index (κ3) is 4.99. The number of carbonyl (C=O) groups excluding carboxylic acids is 1. The van der Waals surface area contributed by atoms with Crippen molar-refractivity contribution in [1.82, 2.24) is 4.90 Å². The topological polar surface area (TPSA) is 20.3 Å². The number of nitrogens with zero attached hydrogens (tertiary/aromatic N) is 1. The normalized spacial score (nSPS) is 10.8. The van der Waals surface area contributed by atoms with E-state index in [0.717, 1.165) is 32.2 Å². The number of benzene rings is 1. The highest BCUT2D eigenvalue weighted by atomic mass is 16.2. The van der Waals surface area contributed by atoms with E-state index in [2.05, 4.69) is 49.9 Å². The molecule has 0 aromatic heterocycles. The van der Waals surface area contributed by atoms with Crippen LogP contribution >= 0.6 is 0 Å². The Bertz CT molecular complexity index is 408. The molecule has 0 bridgehead atoms. The molecular weight excluding hydrogens is 246 g/mol. The summed E-state index contributed by atoms with van der Waals surface area (Å²) in [5.74, 6) is 0.276. The highest BCUT2D eigenvalue weighted by Gasteiger charge is 2.21. The maximum absolute atomic E-state index is 12.3. The number of amides is 1. The van der Waals surface area contributed by atoms with Gasteiger partial charge < -0.3 is 4.90 Å².